The number of hydrogen-bond acceptors (Lipinski definition) is 5. The predicted molar refractivity (Wildman–Crippen MR) is 56.7 cm³/mol. The van der Waals surface area contributed by atoms with Gasteiger partial charge in [0.15, 0.2) is 0 Å². The second-order valence-corrected chi connectivity index (χ2v) is 4.56. The number of aromatic nitrogens is 3. The molecule has 1 aromatic heterocycles. The van der Waals surface area contributed by atoms with Crippen molar-refractivity contribution in [2.75, 3.05) is 23.9 Å². The molecule has 0 fully saturated rings. The summed E-state index contributed by atoms with van der Waals surface area (Å²) in [5, 5.41) is 10.8. The average molecular weight is 214 g/mol. The van der Waals surface area contributed by atoms with Crippen molar-refractivity contribution >= 4 is 16.7 Å². The van der Waals surface area contributed by atoms with Gasteiger partial charge in [-0.25, -0.2) is 4.98 Å². The molecule has 5 nitrogen and oxygen atoms in total. The van der Waals surface area contributed by atoms with Crippen molar-refractivity contribution in [2.24, 2.45) is 0 Å². The summed E-state index contributed by atoms with van der Waals surface area (Å²) < 4.78 is 10.8. The molecule has 0 saturated carbocycles. The molecule has 0 aliphatic rings. The number of aryl methyl sites for hydroxylation is 2. The van der Waals surface area contributed by atoms with E-state index in [-0.39, 0.29) is 0 Å². The van der Waals surface area contributed by atoms with Crippen LogP contribution in [0, 0.1) is 13.8 Å². The van der Waals surface area contributed by atoms with E-state index in [2.05, 4.69) is 20.5 Å². The van der Waals surface area contributed by atoms with Gasteiger partial charge in [-0.05, 0) is 13.8 Å². The fraction of sp³-hybridized carbons (Fsp3) is 0.625. The molecule has 0 aromatic carbocycles. The maximum Gasteiger partial charge on any atom is 0.242 e. The normalized spacial score (nSPS) is 12.5. The molecule has 0 amide bonds. The first kappa shape index (κ1) is 11.0. The van der Waals surface area contributed by atoms with Crippen LogP contribution in [0.2, 0.25) is 0 Å². The molecular weight excluding hydrogens is 200 g/mol. The number of nitrogens with one attached hydrogen (secondary N) is 1. The fourth-order valence-electron chi connectivity index (χ4n) is 0.838. The van der Waals surface area contributed by atoms with Crippen LogP contribution in [-0.2, 0) is 10.8 Å². The lowest BCUT2D eigenvalue weighted by molar-refractivity contribution is 0.686. The first-order valence-electron chi connectivity index (χ1n) is 4.31. The molecule has 1 unspecified atom stereocenters. The minimum absolute atomic E-state index is 0.499. The second kappa shape index (κ2) is 4.99. The Balaban J connectivity index is 2.51. The van der Waals surface area contributed by atoms with Crippen LogP contribution in [0.5, 0.6) is 0 Å². The third-order valence-corrected chi connectivity index (χ3v) is 2.54. The van der Waals surface area contributed by atoms with Crippen LogP contribution in [0.3, 0.4) is 0 Å². The molecule has 0 spiro atoms. The zero-order valence-corrected chi connectivity index (χ0v) is 9.39. The Kier molecular flexibility index (Phi) is 3.94. The average Bonchev–Trinajstić information content (AvgIpc) is 2.10. The zero-order valence-electron chi connectivity index (χ0n) is 8.57. The molecule has 0 aliphatic heterocycles. The molecule has 0 radical (unpaired) electrons. The van der Waals surface area contributed by atoms with Gasteiger partial charge in [-0.3, -0.25) is 4.21 Å². The van der Waals surface area contributed by atoms with E-state index in [9.17, 15) is 4.21 Å². The first-order valence-corrected chi connectivity index (χ1v) is 6.04. The van der Waals surface area contributed by atoms with Crippen LogP contribution in [0.25, 0.3) is 0 Å². The van der Waals surface area contributed by atoms with Gasteiger partial charge in [0, 0.05) is 29.4 Å². The van der Waals surface area contributed by atoms with E-state index in [0.717, 1.165) is 11.4 Å². The van der Waals surface area contributed by atoms with E-state index < -0.39 is 10.8 Å². The Morgan fingerprint density at radius 2 is 2.00 bits per heavy atom. The second-order valence-electron chi connectivity index (χ2n) is 3.01. The van der Waals surface area contributed by atoms with Crippen molar-refractivity contribution in [1.29, 1.82) is 0 Å². The molecule has 6 heteroatoms. The quantitative estimate of drug-likeness (QED) is 0.779. The maximum atomic E-state index is 10.8. The van der Waals surface area contributed by atoms with Crippen molar-refractivity contribution in [2.45, 2.75) is 13.8 Å². The molecule has 1 atom stereocenters. The lowest BCUT2D eigenvalue weighted by Gasteiger charge is -2.03. The van der Waals surface area contributed by atoms with Gasteiger partial charge >= 0.3 is 0 Å². The highest BCUT2D eigenvalue weighted by atomic mass is 32.2. The molecule has 14 heavy (non-hydrogen) atoms. The number of hydrogen-bond donors (Lipinski definition) is 1. The Morgan fingerprint density at radius 3 is 2.57 bits per heavy atom. The zero-order chi connectivity index (χ0) is 10.6. The lowest BCUT2D eigenvalue weighted by atomic mass is 10.4. The predicted octanol–water partition coefficient (Wildman–Crippen LogP) is 0.279. The smallest absolute Gasteiger partial charge is 0.242 e. The van der Waals surface area contributed by atoms with Gasteiger partial charge in [-0.2, -0.15) is 5.10 Å². The number of rotatable bonds is 4. The van der Waals surface area contributed by atoms with Gasteiger partial charge < -0.3 is 5.32 Å². The van der Waals surface area contributed by atoms with Gasteiger partial charge in [0.1, 0.15) is 0 Å². The minimum atomic E-state index is -0.787. The Bertz CT molecular complexity index is 342. The lowest BCUT2D eigenvalue weighted by Crippen LogP contribution is -2.13. The molecule has 1 rings (SSSR count). The summed E-state index contributed by atoms with van der Waals surface area (Å²) in [4.78, 5) is 4.19. The first-order chi connectivity index (χ1) is 6.59. The molecule has 1 N–H and O–H groups in total. The Hall–Kier alpha value is -1.04. The minimum Gasteiger partial charge on any atom is -0.352 e. The third kappa shape index (κ3) is 3.37. The molecule has 1 aromatic rings. The van der Waals surface area contributed by atoms with E-state index in [1.807, 2.05) is 13.8 Å². The van der Waals surface area contributed by atoms with Crippen molar-refractivity contribution in [3.05, 3.63) is 11.4 Å². The largest absolute Gasteiger partial charge is 0.352 e. The van der Waals surface area contributed by atoms with Crippen LogP contribution in [-0.4, -0.2) is 37.9 Å². The van der Waals surface area contributed by atoms with Gasteiger partial charge in [-0.15, -0.1) is 5.10 Å². The summed E-state index contributed by atoms with van der Waals surface area (Å²) in [6, 6.07) is 0. The van der Waals surface area contributed by atoms with Crippen LogP contribution < -0.4 is 5.32 Å². The highest BCUT2D eigenvalue weighted by molar-refractivity contribution is 7.84. The standard InChI is InChI=1S/C8H14N4OS/c1-6-7(2)11-12-8(10-6)9-4-5-14(3)13/h4-5H2,1-3H3,(H,9,10,12). The fourth-order valence-corrected chi connectivity index (χ4v) is 1.23. The monoisotopic (exact) mass is 214 g/mol. The van der Waals surface area contributed by atoms with E-state index in [0.29, 0.717) is 18.2 Å². The van der Waals surface area contributed by atoms with Crippen molar-refractivity contribution < 1.29 is 4.21 Å². The van der Waals surface area contributed by atoms with Gasteiger partial charge in [0.25, 0.3) is 0 Å². The van der Waals surface area contributed by atoms with E-state index in [1.54, 1.807) is 6.26 Å². The Labute approximate surface area is 85.8 Å². The molecule has 0 aliphatic carbocycles. The van der Waals surface area contributed by atoms with Crippen molar-refractivity contribution in [3.8, 4) is 0 Å². The summed E-state index contributed by atoms with van der Waals surface area (Å²) in [6.45, 7) is 4.35. The SMILES string of the molecule is Cc1nnc(NCCS(C)=O)nc1C. The molecule has 0 saturated heterocycles. The van der Waals surface area contributed by atoms with Gasteiger partial charge in [0.2, 0.25) is 5.95 Å². The van der Waals surface area contributed by atoms with Crippen molar-refractivity contribution in [1.82, 2.24) is 15.2 Å². The van der Waals surface area contributed by atoms with Crippen LogP contribution in [0.1, 0.15) is 11.4 Å². The molecule has 78 valence electrons. The summed E-state index contributed by atoms with van der Waals surface area (Å²) in [5.41, 5.74) is 1.69. The van der Waals surface area contributed by atoms with Gasteiger partial charge in [0.05, 0.1) is 11.4 Å². The van der Waals surface area contributed by atoms with E-state index >= 15 is 0 Å². The van der Waals surface area contributed by atoms with E-state index in [4.69, 9.17) is 0 Å². The highest BCUT2D eigenvalue weighted by Gasteiger charge is 2.00. The summed E-state index contributed by atoms with van der Waals surface area (Å²) in [5.74, 6) is 1.09. The summed E-state index contributed by atoms with van der Waals surface area (Å²) in [7, 11) is -0.787. The van der Waals surface area contributed by atoms with Crippen LogP contribution in [0.15, 0.2) is 0 Å². The molecular formula is C8H14N4OS. The van der Waals surface area contributed by atoms with Gasteiger partial charge in [-0.1, -0.05) is 0 Å². The van der Waals surface area contributed by atoms with E-state index in [1.165, 1.54) is 0 Å². The summed E-state index contributed by atoms with van der Waals surface area (Å²) >= 11 is 0. The Morgan fingerprint density at radius 1 is 1.29 bits per heavy atom. The molecule has 0 bridgehead atoms. The summed E-state index contributed by atoms with van der Waals surface area (Å²) in [6.07, 6.45) is 1.67. The number of nitrogens with zero attached hydrogens (tertiary/aromatic N) is 3. The van der Waals surface area contributed by atoms with Crippen LogP contribution in [0.4, 0.5) is 5.95 Å². The third-order valence-electron chi connectivity index (χ3n) is 1.76. The maximum absolute atomic E-state index is 10.8. The number of anilines is 1. The highest BCUT2D eigenvalue weighted by Crippen LogP contribution is 2.00. The topological polar surface area (TPSA) is 67.8 Å². The van der Waals surface area contributed by atoms with Crippen molar-refractivity contribution in [3.63, 3.8) is 0 Å². The molecule has 1 heterocycles. The van der Waals surface area contributed by atoms with Crippen LogP contribution >= 0.6 is 0 Å².